The van der Waals surface area contributed by atoms with Gasteiger partial charge in [0.1, 0.15) is 17.2 Å². The first kappa shape index (κ1) is 18.0. The summed E-state index contributed by atoms with van der Waals surface area (Å²) in [6.07, 6.45) is 0.785. The third-order valence-electron chi connectivity index (χ3n) is 2.98. The standard InChI is InChI=1S/C16H20N2O5S/c1-16(2,3)23-15(21)18-11(14(19)20)8-24-13-7-12-9(4-5-22-12)6-10(13)17/h4-7,11H,8,17H2,1-3H3,(H,18,21)(H,19,20)/t11-/m0/s1. The van der Waals surface area contributed by atoms with Crippen molar-refractivity contribution in [1.82, 2.24) is 5.32 Å². The van der Waals surface area contributed by atoms with Crippen LogP contribution < -0.4 is 11.1 Å². The second kappa shape index (κ2) is 7.04. The SMILES string of the molecule is CC(C)(C)OC(=O)N[C@@H](CSc1cc2occc2cc1N)C(=O)O. The molecule has 0 radical (unpaired) electrons. The van der Waals surface area contributed by atoms with Crippen molar-refractivity contribution >= 4 is 40.5 Å². The van der Waals surface area contributed by atoms with Crippen molar-refractivity contribution in [2.45, 2.75) is 37.3 Å². The molecule has 130 valence electrons. The van der Waals surface area contributed by atoms with Crippen LogP contribution in [0.25, 0.3) is 11.0 Å². The predicted molar refractivity (Wildman–Crippen MR) is 92.1 cm³/mol. The van der Waals surface area contributed by atoms with Crippen LogP contribution in [0.4, 0.5) is 10.5 Å². The first-order valence-corrected chi connectivity index (χ1v) is 8.26. The molecular weight excluding hydrogens is 332 g/mol. The number of carboxylic acids is 1. The molecule has 0 aliphatic heterocycles. The molecule has 24 heavy (non-hydrogen) atoms. The van der Waals surface area contributed by atoms with Gasteiger partial charge in [0.25, 0.3) is 0 Å². The Balaban J connectivity index is 2.03. The number of benzene rings is 1. The molecule has 1 heterocycles. The van der Waals surface area contributed by atoms with Gasteiger partial charge in [0.15, 0.2) is 0 Å². The van der Waals surface area contributed by atoms with E-state index in [9.17, 15) is 14.7 Å². The minimum atomic E-state index is -1.15. The van der Waals surface area contributed by atoms with Crippen molar-refractivity contribution in [3.8, 4) is 0 Å². The summed E-state index contributed by atoms with van der Waals surface area (Å²) < 4.78 is 10.4. The molecule has 0 bridgehead atoms. The van der Waals surface area contributed by atoms with Crippen molar-refractivity contribution < 1.29 is 23.8 Å². The minimum absolute atomic E-state index is 0.102. The number of anilines is 1. The average Bonchev–Trinajstić information content (AvgIpc) is 2.87. The number of thioether (sulfide) groups is 1. The van der Waals surface area contributed by atoms with Crippen molar-refractivity contribution in [2.24, 2.45) is 0 Å². The van der Waals surface area contributed by atoms with E-state index in [-0.39, 0.29) is 5.75 Å². The quantitative estimate of drug-likeness (QED) is 0.559. The first-order chi connectivity index (χ1) is 11.2. The molecule has 2 aromatic rings. The summed E-state index contributed by atoms with van der Waals surface area (Å²) in [7, 11) is 0. The summed E-state index contributed by atoms with van der Waals surface area (Å²) >= 11 is 1.23. The number of carbonyl (C=O) groups excluding carboxylic acids is 1. The number of nitrogens with one attached hydrogen (secondary N) is 1. The molecule has 1 aromatic heterocycles. The van der Waals surface area contributed by atoms with E-state index in [2.05, 4.69) is 5.32 Å². The number of alkyl carbamates (subject to hydrolysis) is 1. The predicted octanol–water partition coefficient (Wildman–Crippen LogP) is 3.08. The summed E-state index contributed by atoms with van der Waals surface area (Å²) in [5.41, 5.74) is 6.46. The molecule has 4 N–H and O–H groups in total. The number of nitrogen functional groups attached to an aromatic ring is 1. The Morgan fingerprint density at radius 3 is 2.75 bits per heavy atom. The molecule has 1 aromatic carbocycles. The number of hydrogen-bond donors (Lipinski definition) is 3. The lowest BCUT2D eigenvalue weighted by atomic mass is 10.2. The minimum Gasteiger partial charge on any atom is -0.480 e. The first-order valence-electron chi connectivity index (χ1n) is 7.27. The van der Waals surface area contributed by atoms with Gasteiger partial charge in [0.2, 0.25) is 0 Å². The number of nitrogens with two attached hydrogens (primary N) is 1. The van der Waals surface area contributed by atoms with Gasteiger partial charge in [0.05, 0.1) is 6.26 Å². The fraction of sp³-hybridized carbons (Fsp3) is 0.375. The van der Waals surface area contributed by atoms with Crippen LogP contribution >= 0.6 is 11.8 Å². The molecule has 0 aliphatic carbocycles. The molecule has 0 aliphatic rings. The van der Waals surface area contributed by atoms with Crippen LogP contribution in [-0.2, 0) is 9.53 Å². The third-order valence-corrected chi connectivity index (χ3v) is 4.14. The van der Waals surface area contributed by atoms with Gasteiger partial charge < -0.3 is 25.3 Å². The van der Waals surface area contributed by atoms with Crippen LogP contribution in [0.1, 0.15) is 20.8 Å². The van der Waals surface area contributed by atoms with Crippen molar-refractivity contribution in [3.63, 3.8) is 0 Å². The van der Waals surface area contributed by atoms with E-state index in [0.717, 1.165) is 5.39 Å². The van der Waals surface area contributed by atoms with Crippen LogP contribution in [0.15, 0.2) is 33.8 Å². The van der Waals surface area contributed by atoms with E-state index >= 15 is 0 Å². The number of carboxylic acid groups (broad SMARTS) is 1. The Morgan fingerprint density at radius 1 is 1.42 bits per heavy atom. The van der Waals surface area contributed by atoms with E-state index in [1.807, 2.05) is 0 Å². The molecular formula is C16H20N2O5S. The Labute approximate surface area is 143 Å². The molecule has 0 saturated heterocycles. The van der Waals surface area contributed by atoms with Gasteiger partial charge in [-0.15, -0.1) is 11.8 Å². The van der Waals surface area contributed by atoms with Crippen molar-refractivity contribution in [2.75, 3.05) is 11.5 Å². The molecule has 1 amide bonds. The van der Waals surface area contributed by atoms with Gasteiger partial charge in [-0.25, -0.2) is 9.59 Å². The molecule has 8 heteroatoms. The second-order valence-electron chi connectivity index (χ2n) is 6.20. The lowest BCUT2D eigenvalue weighted by Crippen LogP contribution is -2.44. The van der Waals surface area contributed by atoms with Crippen molar-refractivity contribution in [1.29, 1.82) is 0 Å². The number of furan rings is 1. The number of rotatable bonds is 5. The number of ether oxygens (including phenoxy) is 1. The monoisotopic (exact) mass is 352 g/mol. The van der Waals surface area contributed by atoms with Crippen LogP contribution in [0.5, 0.6) is 0 Å². The zero-order chi connectivity index (χ0) is 17.9. The molecule has 0 fully saturated rings. The zero-order valence-corrected chi connectivity index (χ0v) is 14.5. The average molecular weight is 352 g/mol. The van der Waals surface area contributed by atoms with Gasteiger partial charge in [-0.1, -0.05) is 0 Å². The number of amides is 1. The molecule has 2 rings (SSSR count). The summed E-state index contributed by atoms with van der Waals surface area (Å²) in [5.74, 6) is -1.05. The van der Waals surface area contributed by atoms with Crippen molar-refractivity contribution in [3.05, 3.63) is 24.5 Å². The van der Waals surface area contributed by atoms with Crippen LogP contribution in [0.2, 0.25) is 0 Å². The van der Waals surface area contributed by atoms with E-state index in [1.165, 1.54) is 11.8 Å². The topological polar surface area (TPSA) is 115 Å². The van der Waals surface area contributed by atoms with Crippen LogP contribution in [-0.4, -0.2) is 34.6 Å². The highest BCUT2D eigenvalue weighted by molar-refractivity contribution is 7.99. The fourth-order valence-corrected chi connectivity index (χ4v) is 2.92. The Bertz CT molecular complexity index is 750. The maximum absolute atomic E-state index is 11.7. The lowest BCUT2D eigenvalue weighted by molar-refractivity contribution is -0.138. The lowest BCUT2D eigenvalue weighted by Gasteiger charge is -2.22. The van der Waals surface area contributed by atoms with E-state index in [0.29, 0.717) is 16.2 Å². The van der Waals surface area contributed by atoms with Gasteiger partial charge >= 0.3 is 12.1 Å². The van der Waals surface area contributed by atoms with Gasteiger partial charge in [0, 0.05) is 21.7 Å². The normalized spacial score (nSPS) is 12.8. The molecule has 0 saturated carbocycles. The molecule has 0 unspecified atom stereocenters. The highest BCUT2D eigenvalue weighted by Crippen LogP contribution is 2.31. The van der Waals surface area contributed by atoms with E-state index in [4.69, 9.17) is 14.9 Å². The molecule has 1 atom stereocenters. The number of hydrogen-bond acceptors (Lipinski definition) is 6. The third kappa shape index (κ3) is 4.82. The summed E-state index contributed by atoms with van der Waals surface area (Å²) in [6, 6.07) is 4.21. The zero-order valence-electron chi connectivity index (χ0n) is 13.7. The summed E-state index contributed by atoms with van der Waals surface area (Å²) in [4.78, 5) is 23.8. The maximum atomic E-state index is 11.7. The highest BCUT2D eigenvalue weighted by atomic mass is 32.2. The maximum Gasteiger partial charge on any atom is 0.408 e. The molecule has 0 spiro atoms. The number of carbonyl (C=O) groups is 2. The number of fused-ring (bicyclic) bond motifs is 1. The van der Waals surface area contributed by atoms with Gasteiger partial charge in [-0.2, -0.15) is 0 Å². The van der Waals surface area contributed by atoms with Gasteiger partial charge in [-0.3, -0.25) is 0 Å². The van der Waals surface area contributed by atoms with Gasteiger partial charge in [-0.05, 0) is 39.0 Å². The molecule has 7 nitrogen and oxygen atoms in total. The van der Waals surface area contributed by atoms with Crippen LogP contribution in [0.3, 0.4) is 0 Å². The summed E-state index contributed by atoms with van der Waals surface area (Å²) in [5, 5.41) is 12.5. The fourth-order valence-electron chi connectivity index (χ4n) is 1.93. The summed E-state index contributed by atoms with van der Waals surface area (Å²) in [6.45, 7) is 5.11. The highest BCUT2D eigenvalue weighted by Gasteiger charge is 2.24. The Morgan fingerprint density at radius 2 is 2.12 bits per heavy atom. The van der Waals surface area contributed by atoms with E-state index in [1.54, 1.807) is 45.2 Å². The van der Waals surface area contributed by atoms with E-state index < -0.39 is 23.7 Å². The largest absolute Gasteiger partial charge is 0.480 e. The Kier molecular flexibility index (Phi) is 5.28. The Hall–Kier alpha value is -2.35. The second-order valence-corrected chi connectivity index (χ2v) is 7.26. The number of aliphatic carboxylic acids is 1. The smallest absolute Gasteiger partial charge is 0.408 e. The van der Waals surface area contributed by atoms with Crippen LogP contribution in [0, 0.1) is 0 Å².